The van der Waals surface area contributed by atoms with E-state index in [1.165, 1.54) is 11.0 Å². The number of nitrogens with zero attached hydrogens (tertiary/aromatic N) is 4. The molecule has 4 rings (SSSR count). The van der Waals surface area contributed by atoms with E-state index in [9.17, 15) is 9.59 Å². The maximum Gasteiger partial charge on any atom is 0.255 e. The van der Waals surface area contributed by atoms with Crippen molar-refractivity contribution in [2.45, 2.75) is 26.2 Å². The largest absolute Gasteiger partial charge is 0.322 e. The van der Waals surface area contributed by atoms with Crippen molar-refractivity contribution in [2.24, 2.45) is 0 Å². The molecule has 0 saturated heterocycles. The molecule has 1 amide bonds. The fraction of sp³-hybridized carbons (Fsp3) is 0.190. The van der Waals surface area contributed by atoms with Crippen LogP contribution < -0.4 is 10.9 Å². The van der Waals surface area contributed by atoms with Crippen molar-refractivity contribution in [2.75, 3.05) is 5.32 Å². The standard InChI is InChI=1S/C21H20N6O2/c1-21(2,3)17-11-19(28)24-18-10-14(7-8-16(17)18)23-20(29)13-5-4-6-15(9-13)27-12-22-25-26-27/h4-12H,1-3H3,(H,23,29)(H,24,28). The second kappa shape index (κ2) is 6.97. The van der Waals surface area contributed by atoms with Crippen molar-refractivity contribution in [3.63, 3.8) is 0 Å². The second-order valence-electron chi connectivity index (χ2n) is 7.82. The molecule has 0 saturated carbocycles. The van der Waals surface area contributed by atoms with E-state index in [4.69, 9.17) is 0 Å². The predicted octanol–water partition coefficient (Wildman–Crippen LogP) is 3.05. The highest BCUT2D eigenvalue weighted by Crippen LogP contribution is 2.29. The van der Waals surface area contributed by atoms with Crippen molar-refractivity contribution in [3.05, 3.63) is 76.3 Å². The van der Waals surface area contributed by atoms with Crippen molar-refractivity contribution < 1.29 is 4.79 Å². The van der Waals surface area contributed by atoms with Crippen LogP contribution in [0.2, 0.25) is 0 Å². The summed E-state index contributed by atoms with van der Waals surface area (Å²) < 4.78 is 1.48. The molecule has 0 spiro atoms. The Labute approximate surface area is 166 Å². The number of tetrazole rings is 1. The average Bonchev–Trinajstić information content (AvgIpc) is 3.21. The Balaban J connectivity index is 1.65. The molecule has 0 fully saturated rings. The molecule has 0 bridgehead atoms. The Morgan fingerprint density at radius 2 is 1.93 bits per heavy atom. The van der Waals surface area contributed by atoms with E-state index in [1.807, 2.05) is 18.2 Å². The molecule has 29 heavy (non-hydrogen) atoms. The number of H-pyrrole nitrogens is 1. The molecule has 146 valence electrons. The first-order valence-corrected chi connectivity index (χ1v) is 9.14. The summed E-state index contributed by atoms with van der Waals surface area (Å²) in [6, 6.07) is 14.1. The van der Waals surface area contributed by atoms with Crippen molar-refractivity contribution in [3.8, 4) is 5.69 Å². The fourth-order valence-corrected chi connectivity index (χ4v) is 3.23. The monoisotopic (exact) mass is 388 g/mol. The Hall–Kier alpha value is -3.81. The molecule has 2 aromatic carbocycles. The van der Waals surface area contributed by atoms with Gasteiger partial charge in [0.05, 0.1) is 11.2 Å². The smallest absolute Gasteiger partial charge is 0.255 e. The van der Waals surface area contributed by atoms with Gasteiger partial charge in [0.15, 0.2) is 0 Å². The van der Waals surface area contributed by atoms with E-state index in [2.05, 4.69) is 46.6 Å². The number of rotatable bonds is 3. The third kappa shape index (κ3) is 3.77. The highest BCUT2D eigenvalue weighted by molar-refractivity contribution is 6.05. The average molecular weight is 388 g/mol. The van der Waals surface area contributed by atoms with E-state index in [-0.39, 0.29) is 16.9 Å². The van der Waals surface area contributed by atoms with Crippen LogP contribution in [0.5, 0.6) is 0 Å². The summed E-state index contributed by atoms with van der Waals surface area (Å²) in [7, 11) is 0. The molecule has 8 nitrogen and oxygen atoms in total. The first kappa shape index (κ1) is 18.5. The van der Waals surface area contributed by atoms with Crippen LogP contribution >= 0.6 is 0 Å². The van der Waals surface area contributed by atoms with Crippen molar-refractivity contribution in [1.82, 2.24) is 25.2 Å². The third-order valence-electron chi connectivity index (χ3n) is 4.63. The van der Waals surface area contributed by atoms with Gasteiger partial charge in [-0.15, -0.1) is 5.10 Å². The van der Waals surface area contributed by atoms with Crippen LogP contribution in [0, 0.1) is 0 Å². The predicted molar refractivity (Wildman–Crippen MR) is 110 cm³/mol. The van der Waals surface area contributed by atoms with Gasteiger partial charge in [-0.1, -0.05) is 32.9 Å². The zero-order chi connectivity index (χ0) is 20.6. The van der Waals surface area contributed by atoms with Gasteiger partial charge in [0.1, 0.15) is 6.33 Å². The summed E-state index contributed by atoms with van der Waals surface area (Å²) in [5.74, 6) is -0.270. The van der Waals surface area contributed by atoms with Crippen LogP contribution in [0.4, 0.5) is 5.69 Å². The van der Waals surface area contributed by atoms with Crippen molar-refractivity contribution >= 4 is 22.5 Å². The Morgan fingerprint density at radius 1 is 1.10 bits per heavy atom. The number of hydrogen-bond acceptors (Lipinski definition) is 5. The lowest BCUT2D eigenvalue weighted by molar-refractivity contribution is 0.102. The normalized spacial score (nSPS) is 11.6. The Kier molecular flexibility index (Phi) is 4.46. The van der Waals surface area contributed by atoms with Gasteiger partial charge in [0, 0.05) is 22.7 Å². The summed E-state index contributed by atoms with van der Waals surface area (Å²) in [6.45, 7) is 6.19. The van der Waals surface area contributed by atoms with E-state index in [1.54, 1.807) is 30.3 Å². The SMILES string of the molecule is CC(C)(C)c1cc(=O)[nH]c2cc(NC(=O)c3cccc(-n4cnnn4)c3)ccc12. The molecular weight excluding hydrogens is 368 g/mol. The summed E-state index contributed by atoms with van der Waals surface area (Å²) in [5, 5.41) is 14.9. The molecule has 0 aliphatic rings. The van der Waals surface area contributed by atoms with Crippen LogP contribution in [0.15, 0.2) is 59.7 Å². The number of carbonyl (C=O) groups excluding carboxylic acids is 1. The number of aromatic nitrogens is 5. The number of nitrogens with one attached hydrogen (secondary N) is 2. The maximum atomic E-state index is 12.7. The number of aromatic amines is 1. The minimum Gasteiger partial charge on any atom is -0.322 e. The van der Waals surface area contributed by atoms with E-state index >= 15 is 0 Å². The molecule has 0 atom stereocenters. The number of anilines is 1. The topological polar surface area (TPSA) is 106 Å². The molecule has 2 heterocycles. The summed E-state index contributed by atoms with van der Waals surface area (Å²) in [4.78, 5) is 27.7. The molecule has 8 heteroatoms. The van der Waals surface area contributed by atoms with E-state index < -0.39 is 0 Å². The molecule has 2 N–H and O–H groups in total. The van der Waals surface area contributed by atoms with E-state index in [0.29, 0.717) is 22.5 Å². The van der Waals surface area contributed by atoms with Crippen molar-refractivity contribution in [1.29, 1.82) is 0 Å². The van der Waals surface area contributed by atoms with Gasteiger partial charge in [-0.3, -0.25) is 9.59 Å². The second-order valence-corrected chi connectivity index (χ2v) is 7.82. The molecule has 4 aromatic rings. The van der Waals surface area contributed by atoms with Gasteiger partial charge in [0.2, 0.25) is 5.56 Å². The minimum atomic E-state index is -0.270. The molecule has 0 unspecified atom stereocenters. The molecule has 0 aliphatic heterocycles. The number of carbonyl (C=O) groups is 1. The lowest BCUT2D eigenvalue weighted by Gasteiger charge is -2.21. The van der Waals surface area contributed by atoms with Crippen LogP contribution in [0.25, 0.3) is 16.6 Å². The van der Waals surface area contributed by atoms with Gasteiger partial charge in [-0.2, -0.15) is 0 Å². The summed E-state index contributed by atoms with van der Waals surface area (Å²) in [6.07, 6.45) is 1.46. The van der Waals surface area contributed by atoms with Crippen LogP contribution in [-0.4, -0.2) is 31.1 Å². The zero-order valence-corrected chi connectivity index (χ0v) is 16.3. The van der Waals surface area contributed by atoms with Crippen LogP contribution in [0.1, 0.15) is 36.7 Å². The Bertz CT molecular complexity index is 1250. The summed E-state index contributed by atoms with van der Waals surface area (Å²) >= 11 is 0. The van der Waals surface area contributed by atoms with E-state index in [0.717, 1.165) is 10.9 Å². The van der Waals surface area contributed by atoms with Gasteiger partial charge >= 0.3 is 0 Å². The number of benzene rings is 2. The molecule has 0 radical (unpaired) electrons. The minimum absolute atomic E-state index is 0.167. The number of fused-ring (bicyclic) bond motifs is 1. The highest BCUT2D eigenvalue weighted by Gasteiger charge is 2.18. The first-order chi connectivity index (χ1) is 13.8. The first-order valence-electron chi connectivity index (χ1n) is 9.14. The molecular formula is C21H20N6O2. The molecule has 2 aromatic heterocycles. The zero-order valence-electron chi connectivity index (χ0n) is 16.3. The third-order valence-corrected chi connectivity index (χ3v) is 4.63. The number of hydrogen-bond donors (Lipinski definition) is 2. The van der Waals surface area contributed by atoms with Crippen LogP contribution in [0.3, 0.4) is 0 Å². The number of amides is 1. The lowest BCUT2D eigenvalue weighted by atomic mass is 9.85. The van der Waals surface area contributed by atoms with Gasteiger partial charge in [-0.25, -0.2) is 4.68 Å². The molecule has 0 aliphatic carbocycles. The van der Waals surface area contributed by atoms with Gasteiger partial charge in [-0.05, 0) is 51.7 Å². The summed E-state index contributed by atoms with van der Waals surface area (Å²) in [5.41, 5.74) is 3.05. The number of pyridine rings is 1. The quantitative estimate of drug-likeness (QED) is 0.561. The van der Waals surface area contributed by atoms with Gasteiger partial charge < -0.3 is 10.3 Å². The Morgan fingerprint density at radius 3 is 2.66 bits per heavy atom. The lowest BCUT2D eigenvalue weighted by Crippen LogP contribution is -2.17. The van der Waals surface area contributed by atoms with Gasteiger partial charge in [0.25, 0.3) is 5.91 Å². The highest BCUT2D eigenvalue weighted by atomic mass is 16.1. The fourth-order valence-electron chi connectivity index (χ4n) is 3.23. The van der Waals surface area contributed by atoms with Crippen LogP contribution in [-0.2, 0) is 5.41 Å². The maximum absolute atomic E-state index is 12.7.